The summed E-state index contributed by atoms with van der Waals surface area (Å²) < 4.78 is 23.3. The second kappa shape index (κ2) is 5.91. The van der Waals surface area contributed by atoms with Crippen LogP contribution in [0.25, 0.3) is 0 Å². The average molecular weight is 442 g/mol. The molecule has 1 aliphatic rings. The lowest BCUT2D eigenvalue weighted by molar-refractivity contribution is -0.110. The molecule has 4 N–H and O–H groups in total. The van der Waals surface area contributed by atoms with Crippen molar-refractivity contribution in [1.29, 1.82) is 0 Å². The monoisotopic (exact) mass is 442 g/mol. The van der Waals surface area contributed by atoms with Crippen LogP contribution in [0.1, 0.15) is 5.56 Å². The largest absolute Gasteiger partial charge is 0.320 e. The molecule has 3 rings (SSSR count). The molecular weight excluding hydrogens is 431 g/mol. The van der Waals surface area contributed by atoms with Crippen LogP contribution in [0.15, 0.2) is 52.5 Å². The third-order valence-electron chi connectivity index (χ3n) is 3.19. The van der Waals surface area contributed by atoms with Crippen LogP contribution >= 0.6 is 22.6 Å². The molecule has 0 saturated heterocycles. The van der Waals surface area contributed by atoms with E-state index in [1.54, 1.807) is 6.07 Å². The van der Waals surface area contributed by atoms with Gasteiger partial charge in [0.25, 0.3) is 5.91 Å². The van der Waals surface area contributed by atoms with E-state index < -0.39 is 10.0 Å². The van der Waals surface area contributed by atoms with Crippen LogP contribution in [0.5, 0.6) is 0 Å². The van der Waals surface area contributed by atoms with Crippen molar-refractivity contribution >= 4 is 55.6 Å². The molecule has 1 aliphatic heterocycles. The van der Waals surface area contributed by atoms with Crippen LogP contribution in [0.3, 0.4) is 0 Å². The Bertz CT molecular complexity index is 924. The maximum Gasteiger partial charge on any atom is 0.276 e. The highest BCUT2D eigenvalue weighted by Gasteiger charge is 2.28. The molecule has 9 heteroatoms. The number of hydrogen-bond donors (Lipinski definition) is 3. The highest BCUT2D eigenvalue weighted by atomic mass is 127. The molecule has 7 nitrogen and oxygen atoms in total. The van der Waals surface area contributed by atoms with E-state index in [0.717, 1.165) is 9.13 Å². The van der Waals surface area contributed by atoms with Gasteiger partial charge in [0, 0.05) is 9.13 Å². The van der Waals surface area contributed by atoms with E-state index in [-0.39, 0.29) is 16.5 Å². The van der Waals surface area contributed by atoms with Gasteiger partial charge in [-0.15, -0.1) is 0 Å². The predicted octanol–water partition coefficient (Wildman–Crippen LogP) is 1.71. The molecule has 23 heavy (non-hydrogen) atoms. The number of benzene rings is 2. The number of hydrogen-bond acceptors (Lipinski definition) is 5. The van der Waals surface area contributed by atoms with E-state index in [9.17, 15) is 13.2 Å². The number of nitrogens with zero attached hydrogens (tertiary/aromatic N) is 1. The Balaban J connectivity index is 1.88. The molecule has 0 radical (unpaired) electrons. The predicted molar refractivity (Wildman–Crippen MR) is 95.8 cm³/mol. The van der Waals surface area contributed by atoms with Gasteiger partial charge < -0.3 is 5.32 Å². The molecule has 0 atom stereocenters. The molecular formula is C14H11IN4O3S. The van der Waals surface area contributed by atoms with Crippen LogP contribution in [0.4, 0.5) is 11.4 Å². The quantitative estimate of drug-likeness (QED) is 0.496. The molecule has 0 fully saturated rings. The second-order valence-corrected chi connectivity index (χ2v) is 7.48. The fourth-order valence-electron chi connectivity index (χ4n) is 2.11. The minimum atomic E-state index is -3.73. The molecule has 0 saturated carbocycles. The maximum absolute atomic E-state index is 12.0. The Morgan fingerprint density at radius 2 is 1.83 bits per heavy atom. The van der Waals surface area contributed by atoms with Crippen LogP contribution < -0.4 is 15.9 Å². The summed E-state index contributed by atoms with van der Waals surface area (Å²) in [6, 6.07) is 11.3. The topological polar surface area (TPSA) is 114 Å². The standard InChI is InChI=1S/C14H11IN4O3S/c15-10-2-1-3-11-12(10)13(14(20)17-11)19-18-8-4-6-9(7-5-8)23(16,21)22/h1-7,18H,(H2,16,21,22)(H,17,19,20). The molecule has 1 heterocycles. The average Bonchev–Trinajstić information content (AvgIpc) is 2.81. The van der Waals surface area contributed by atoms with Crippen LogP contribution in [-0.2, 0) is 14.8 Å². The van der Waals surface area contributed by atoms with Gasteiger partial charge in [-0.3, -0.25) is 10.2 Å². The number of carbonyl (C=O) groups is 1. The molecule has 0 spiro atoms. The zero-order valence-corrected chi connectivity index (χ0v) is 14.6. The van der Waals surface area contributed by atoms with Crippen molar-refractivity contribution in [3.8, 4) is 0 Å². The summed E-state index contributed by atoms with van der Waals surface area (Å²) in [5.41, 5.74) is 5.03. The first-order valence-corrected chi connectivity index (χ1v) is 9.05. The Hall–Kier alpha value is -1.98. The van der Waals surface area contributed by atoms with E-state index >= 15 is 0 Å². The first-order valence-electron chi connectivity index (χ1n) is 6.43. The lowest BCUT2D eigenvalue weighted by Gasteiger charge is -2.04. The molecule has 2 aromatic rings. The Labute approximate surface area is 146 Å². The van der Waals surface area contributed by atoms with Crippen molar-refractivity contribution in [2.24, 2.45) is 10.2 Å². The molecule has 0 unspecified atom stereocenters. The Morgan fingerprint density at radius 1 is 1.13 bits per heavy atom. The molecule has 0 aromatic heterocycles. The van der Waals surface area contributed by atoms with E-state index in [4.69, 9.17) is 5.14 Å². The first-order chi connectivity index (χ1) is 10.9. The summed E-state index contributed by atoms with van der Waals surface area (Å²) >= 11 is 2.14. The summed E-state index contributed by atoms with van der Waals surface area (Å²) in [5.74, 6) is -0.294. The summed E-state index contributed by atoms with van der Waals surface area (Å²) in [6.07, 6.45) is 0. The van der Waals surface area contributed by atoms with Crippen molar-refractivity contribution < 1.29 is 13.2 Å². The number of amides is 1. The lowest BCUT2D eigenvalue weighted by Crippen LogP contribution is -2.16. The van der Waals surface area contributed by atoms with Gasteiger partial charge in [0.2, 0.25) is 10.0 Å². The molecule has 0 aliphatic carbocycles. The Morgan fingerprint density at radius 3 is 2.48 bits per heavy atom. The first kappa shape index (κ1) is 15.9. The third kappa shape index (κ3) is 3.21. The molecule has 0 bridgehead atoms. The van der Waals surface area contributed by atoms with Crippen molar-refractivity contribution in [2.45, 2.75) is 4.90 Å². The Kier molecular flexibility index (Phi) is 4.08. The van der Waals surface area contributed by atoms with Crippen molar-refractivity contribution in [1.82, 2.24) is 0 Å². The number of anilines is 2. The summed E-state index contributed by atoms with van der Waals surface area (Å²) in [7, 11) is -3.73. The van der Waals surface area contributed by atoms with Gasteiger partial charge in [0.15, 0.2) is 5.71 Å². The highest BCUT2D eigenvalue weighted by Crippen LogP contribution is 2.28. The van der Waals surface area contributed by atoms with Gasteiger partial charge in [-0.05, 0) is 59.0 Å². The summed E-state index contributed by atoms with van der Waals surface area (Å²) in [6.45, 7) is 0. The highest BCUT2D eigenvalue weighted by molar-refractivity contribution is 14.1. The number of carbonyl (C=O) groups excluding carboxylic acids is 1. The molecule has 2 aromatic carbocycles. The van der Waals surface area contributed by atoms with Gasteiger partial charge >= 0.3 is 0 Å². The SMILES string of the molecule is NS(=O)(=O)c1ccc(N/N=C2\C(=O)Nc3cccc(I)c32)cc1. The van der Waals surface area contributed by atoms with Gasteiger partial charge in [0.05, 0.1) is 16.3 Å². The number of fused-ring (bicyclic) bond motifs is 1. The summed E-state index contributed by atoms with van der Waals surface area (Å²) in [4.78, 5) is 12.0. The van der Waals surface area contributed by atoms with Gasteiger partial charge in [-0.2, -0.15) is 5.10 Å². The van der Waals surface area contributed by atoms with Crippen molar-refractivity contribution in [2.75, 3.05) is 10.7 Å². The number of hydrazone groups is 1. The minimum absolute atomic E-state index is 0.00852. The smallest absolute Gasteiger partial charge is 0.276 e. The molecule has 118 valence electrons. The van der Waals surface area contributed by atoms with E-state index in [0.29, 0.717) is 11.4 Å². The van der Waals surface area contributed by atoms with Crippen molar-refractivity contribution in [3.05, 3.63) is 51.6 Å². The zero-order chi connectivity index (χ0) is 16.6. The zero-order valence-electron chi connectivity index (χ0n) is 11.6. The van der Waals surface area contributed by atoms with E-state index in [1.807, 2.05) is 12.1 Å². The van der Waals surface area contributed by atoms with Crippen LogP contribution in [-0.4, -0.2) is 20.0 Å². The number of halogens is 1. The number of nitrogens with two attached hydrogens (primary N) is 1. The molecule has 1 amide bonds. The fraction of sp³-hybridized carbons (Fsp3) is 0. The van der Waals surface area contributed by atoms with Gasteiger partial charge in [0.1, 0.15) is 0 Å². The van der Waals surface area contributed by atoms with E-state index in [2.05, 4.69) is 38.4 Å². The van der Waals surface area contributed by atoms with Gasteiger partial charge in [-0.1, -0.05) is 6.07 Å². The number of primary sulfonamides is 1. The van der Waals surface area contributed by atoms with Crippen LogP contribution in [0.2, 0.25) is 0 Å². The number of sulfonamides is 1. The van der Waals surface area contributed by atoms with Gasteiger partial charge in [-0.25, -0.2) is 13.6 Å². The fourth-order valence-corrected chi connectivity index (χ4v) is 3.38. The normalized spacial score (nSPS) is 15.4. The summed E-state index contributed by atoms with van der Waals surface area (Å²) in [5, 5.41) is 11.9. The number of nitrogens with one attached hydrogen (secondary N) is 2. The van der Waals surface area contributed by atoms with Crippen LogP contribution in [0, 0.1) is 3.57 Å². The lowest BCUT2D eigenvalue weighted by atomic mass is 10.1. The maximum atomic E-state index is 12.0. The second-order valence-electron chi connectivity index (χ2n) is 4.76. The van der Waals surface area contributed by atoms with E-state index in [1.165, 1.54) is 24.3 Å². The van der Waals surface area contributed by atoms with Crippen molar-refractivity contribution in [3.63, 3.8) is 0 Å². The number of rotatable bonds is 3. The minimum Gasteiger partial charge on any atom is -0.320 e. The third-order valence-corrected chi connectivity index (χ3v) is 5.02.